The third kappa shape index (κ3) is 3.73. The first kappa shape index (κ1) is 17.1. The van der Waals surface area contributed by atoms with E-state index in [1.165, 1.54) is 29.6 Å². The van der Waals surface area contributed by atoms with Gasteiger partial charge in [-0.2, -0.15) is 0 Å². The van der Waals surface area contributed by atoms with Crippen molar-refractivity contribution in [1.82, 2.24) is 0 Å². The maximum absolute atomic E-state index is 12.1. The maximum Gasteiger partial charge on any atom is 0.397 e. The average molecular weight is 342 g/mol. The minimum absolute atomic E-state index is 0.0650. The van der Waals surface area contributed by atoms with E-state index in [9.17, 15) is 18.0 Å². The van der Waals surface area contributed by atoms with Crippen molar-refractivity contribution in [3.8, 4) is 5.75 Å². The number of anilines is 2. The predicted octanol–water partition coefficient (Wildman–Crippen LogP) is 0.737. The highest BCUT2D eigenvalue weighted by Crippen LogP contribution is 2.35. The molecule has 0 spiro atoms. The van der Waals surface area contributed by atoms with Crippen LogP contribution in [0, 0.1) is 0 Å². The summed E-state index contributed by atoms with van der Waals surface area (Å²) < 4.78 is 35.2. The summed E-state index contributed by atoms with van der Waals surface area (Å²) in [4.78, 5) is 23.0. The molecule has 1 fully saturated rings. The molecule has 8 nitrogen and oxygen atoms in total. The van der Waals surface area contributed by atoms with Crippen LogP contribution in [0.4, 0.5) is 11.4 Å². The Kier molecular flexibility index (Phi) is 5.09. The molecule has 1 aliphatic rings. The van der Waals surface area contributed by atoms with Gasteiger partial charge in [0, 0.05) is 12.2 Å². The summed E-state index contributed by atoms with van der Waals surface area (Å²) in [5.41, 5.74) is 0.604. The van der Waals surface area contributed by atoms with E-state index in [-0.39, 0.29) is 18.0 Å². The molecule has 0 aromatic heterocycles. The molecule has 9 heteroatoms. The number of rotatable bonds is 4. The second-order valence-electron chi connectivity index (χ2n) is 4.80. The Morgan fingerprint density at radius 2 is 2.09 bits per heavy atom. The Hall–Kier alpha value is -2.29. The number of nitrogens with zero attached hydrogens (tertiary/aromatic N) is 1. The van der Waals surface area contributed by atoms with Gasteiger partial charge in [0.05, 0.1) is 25.2 Å². The first-order valence-electron chi connectivity index (χ1n) is 7.05. The number of amides is 1. The molecule has 1 aliphatic heterocycles. The number of carbonyl (C=O) groups excluding carboxylic acids is 2. The Morgan fingerprint density at radius 3 is 2.65 bits per heavy atom. The summed E-state index contributed by atoms with van der Waals surface area (Å²) >= 11 is 0. The van der Waals surface area contributed by atoms with E-state index in [2.05, 4.69) is 10.1 Å². The molecule has 126 valence electrons. The lowest BCUT2D eigenvalue weighted by Crippen LogP contribution is -2.27. The van der Waals surface area contributed by atoms with Gasteiger partial charge in [-0.25, -0.2) is 13.2 Å². The van der Waals surface area contributed by atoms with Crippen molar-refractivity contribution in [2.45, 2.75) is 13.3 Å². The van der Waals surface area contributed by atoms with Crippen LogP contribution in [-0.2, 0) is 24.3 Å². The Bertz CT molecular complexity index is 716. The third-order valence-electron chi connectivity index (χ3n) is 3.27. The third-order valence-corrected chi connectivity index (χ3v) is 5.12. The average Bonchev–Trinajstić information content (AvgIpc) is 2.86. The van der Waals surface area contributed by atoms with Crippen molar-refractivity contribution in [2.75, 3.05) is 35.6 Å². The zero-order valence-electron chi connectivity index (χ0n) is 12.9. The van der Waals surface area contributed by atoms with Gasteiger partial charge in [-0.05, 0) is 31.5 Å². The fourth-order valence-electron chi connectivity index (χ4n) is 2.25. The summed E-state index contributed by atoms with van der Waals surface area (Å²) in [6.07, 6.45) is 0.519. The summed E-state index contributed by atoms with van der Waals surface area (Å²) in [7, 11) is -1.96. The van der Waals surface area contributed by atoms with E-state index in [1.807, 2.05) is 0 Å². The molecular weight excluding hydrogens is 324 g/mol. The summed E-state index contributed by atoms with van der Waals surface area (Å²) in [6.45, 7) is 2.02. The summed E-state index contributed by atoms with van der Waals surface area (Å²) in [5.74, 6) is -1.49. The highest BCUT2D eigenvalue weighted by atomic mass is 32.2. The van der Waals surface area contributed by atoms with E-state index in [4.69, 9.17) is 4.74 Å². The number of methoxy groups -OCH3 is 1. The monoisotopic (exact) mass is 342 g/mol. The first-order valence-corrected chi connectivity index (χ1v) is 8.66. The molecule has 0 bridgehead atoms. The number of ether oxygens (including phenoxy) is 2. The van der Waals surface area contributed by atoms with Gasteiger partial charge in [0.1, 0.15) is 5.75 Å². The number of carbonyl (C=O) groups is 2. The van der Waals surface area contributed by atoms with Crippen molar-refractivity contribution >= 4 is 33.3 Å². The largest absolute Gasteiger partial charge is 0.495 e. The Balaban J connectivity index is 2.29. The Morgan fingerprint density at radius 1 is 1.35 bits per heavy atom. The molecule has 1 heterocycles. The van der Waals surface area contributed by atoms with E-state index in [0.29, 0.717) is 24.4 Å². The zero-order chi connectivity index (χ0) is 17.0. The molecular formula is C14H18N2O6S. The molecule has 2 rings (SSSR count). The second-order valence-corrected chi connectivity index (χ2v) is 6.82. The number of nitrogens with one attached hydrogen (secondary N) is 1. The topological polar surface area (TPSA) is 102 Å². The Labute approximate surface area is 134 Å². The van der Waals surface area contributed by atoms with Crippen LogP contribution in [0.3, 0.4) is 0 Å². The number of sulfonamides is 1. The molecule has 0 saturated carbocycles. The van der Waals surface area contributed by atoms with Gasteiger partial charge in [0.15, 0.2) is 0 Å². The maximum atomic E-state index is 12.1. The van der Waals surface area contributed by atoms with Gasteiger partial charge in [-0.15, -0.1) is 0 Å². The van der Waals surface area contributed by atoms with E-state index < -0.39 is 21.9 Å². The molecule has 1 aromatic rings. The van der Waals surface area contributed by atoms with E-state index in [0.717, 1.165) is 0 Å². The van der Waals surface area contributed by atoms with Crippen LogP contribution in [0.25, 0.3) is 0 Å². The second kappa shape index (κ2) is 6.86. The minimum Gasteiger partial charge on any atom is -0.495 e. The standard InChI is InChI=1S/C14H18N2O6S/c1-3-22-14(18)13(17)15-10-5-6-12(21-2)11(9-10)16-7-4-8-23(16,19)20/h5-6,9H,3-4,7-8H2,1-2H3,(H,15,17). The van der Waals surface area contributed by atoms with E-state index >= 15 is 0 Å². The highest BCUT2D eigenvalue weighted by Gasteiger charge is 2.31. The van der Waals surface area contributed by atoms with Crippen LogP contribution in [0.5, 0.6) is 5.75 Å². The van der Waals surface area contributed by atoms with Crippen molar-refractivity contribution in [3.05, 3.63) is 18.2 Å². The molecule has 23 heavy (non-hydrogen) atoms. The van der Waals surface area contributed by atoms with Gasteiger partial charge in [-0.1, -0.05) is 0 Å². The molecule has 1 saturated heterocycles. The lowest BCUT2D eigenvalue weighted by Gasteiger charge is -2.20. The number of hydrogen-bond acceptors (Lipinski definition) is 6. The molecule has 1 aromatic carbocycles. The van der Waals surface area contributed by atoms with Crippen LogP contribution in [-0.4, -0.2) is 46.3 Å². The van der Waals surface area contributed by atoms with Crippen molar-refractivity contribution in [1.29, 1.82) is 0 Å². The number of benzene rings is 1. The molecule has 0 atom stereocenters. The lowest BCUT2D eigenvalue weighted by atomic mass is 10.2. The predicted molar refractivity (Wildman–Crippen MR) is 84.0 cm³/mol. The van der Waals surface area contributed by atoms with Crippen LogP contribution in [0.2, 0.25) is 0 Å². The van der Waals surface area contributed by atoms with Gasteiger partial charge in [-0.3, -0.25) is 9.10 Å². The van der Waals surface area contributed by atoms with Crippen molar-refractivity contribution < 1.29 is 27.5 Å². The summed E-state index contributed by atoms with van der Waals surface area (Å²) in [6, 6.07) is 4.50. The van der Waals surface area contributed by atoms with Gasteiger partial charge >= 0.3 is 11.9 Å². The summed E-state index contributed by atoms with van der Waals surface area (Å²) in [5, 5.41) is 2.38. The molecule has 1 N–H and O–H groups in total. The van der Waals surface area contributed by atoms with Gasteiger partial charge in [0.2, 0.25) is 10.0 Å². The smallest absolute Gasteiger partial charge is 0.397 e. The van der Waals surface area contributed by atoms with Crippen molar-refractivity contribution in [3.63, 3.8) is 0 Å². The van der Waals surface area contributed by atoms with Gasteiger partial charge < -0.3 is 14.8 Å². The molecule has 0 radical (unpaired) electrons. The SMILES string of the molecule is CCOC(=O)C(=O)Nc1ccc(OC)c(N2CCCS2(=O)=O)c1. The fourth-order valence-corrected chi connectivity index (χ4v) is 3.82. The van der Waals surface area contributed by atoms with Crippen LogP contribution in [0.15, 0.2) is 18.2 Å². The van der Waals surface area contributed by atoms with Crippen LogP contribution in [0.1, 0.15) is 13.3 Å². The normalized spacial score (nSPS) is 16.0. The first-order chi connectivity index (χ1) is 10.9. The molecule has 0 unspecified atom stereocenters. The number of hydrogen-bond donors (Lipinski definition) is 1. The van der Waals surface area contributed by atoms with Crippen LogP contribution >= 0.6 is 0 Å². The zero-order valence-corrected chi connectivity index (χ0v) is 13.7. The minimum atomic E-state index is -3.39. The highest BCUT2D eigenvalue weighted by molar-refractivity contribution is 7.93. The lowest BCUT2D eigenvalue weighted by molar-refractivity contribution is -0.152. The van der Waals surface area contributed by atoms with Crippen molar-refractivity contribution in [2.24, 2.45) is 0 Å². The van der Waals surface area contributed by atoms with E-state index in [1.54, 1.807) is 6.92 Å². The molecule has 1 amide bonds. The quantitative estimate of drug-likeness (QED) is 0.639. The fraction of sp³-hybridized carbons (Fsp3) is 0.429. The van der Waals surface area contributed by atoms with Gasteiger partial charge in [0.25, 0.3) is 0 Å². The molecule has 0 aliphatic carbocycles. The van der Waals surface area contributed by atoms with Crippen LogP contribution < -0.4 is 14.4 Å². The number of esters is 1.